The maximum atomic E-state index is 11.9. The molecule has 1 fully saturated rings. The molecule has 21 heavy (non-hydrogen) atoms. The molecule has 1 aliphatic heterocycles. The van der Waals surface area contributed by atoms with E-state index in [4.69, 9.17) is 10.5 Å². The van der Waals surface area contributed by atoms with E-state index in [1.54, 1.807) is 0 Å². The Morgan fingerprint density at radius 3 is 2.90 bits per heavy atom. The summed E-state index contributed by atoms with van der Waals surface area (Å²) in [7, 11) is 0. The van der Waals surface area contributed by atoms with Crippen molar-refractivity contribution in [2.24, 2.45) is 5.73 Å². The molecule has 1 aliphatic rings. The second kappa shape index (κ2) is 8.00. The van der Waals surface area contributed by atoms with E-state index in [2.05, 4.69) is 17.1 Å². The number of benzene rings is 1. The summed E-state index contributed by atoms with van der Waals surface area (Å²) < 4.78 is 5.54. The van der Waals surface area contributed by atoms with E-state index in [9.17, 15) is 4.79 Å². The molecule has 2 unspecified atom stereocenters. The summed E-state index contributed by atoms with van der Waals surface area (Å²) in [5.41, 5.74) is 5.93. The second-order valence-corrected chi connectivity index (χ2v) is 5.62. The fourth-order valence-electron chi connectivity index (χ4n) is 2.61. The Labute approximate surface area is 126 Å². The molecule has 0 aromatic heterocycles. The topological polar surface area (TPSA) is 67.6 Å². The minimum absolute atomic E-state index is 0.0500. The van der Waals surface area contributed by atoms with Gasteiger partial charge in [0.15, 0.2) is 0 Å². The highest BCUT2D eigenvalue weighted by molar-refractivity contribution is 5.78. The number of nitrogens with one attached hydrogen (secondary N) is 1. The molecule has 3 N–H and O–H groups in total. The first-order valence-electron chi connectivity index (χ1n) is 7.59. The summed E-state index contributed by atoms with van der Waals surface area (Å²) in [6.45, 7) is 4.48. The second-order valence-electron chi connectivity index (χ2n) is 5.62. The van der Waals surface area contributed by atoms with Gasteiger partial charge in [-0.25, -0.2) is 0 Å². The summed E-state index contributed by atoms with van der Waals surface area (Å²) in [4.78, 5) is 14.1. The molecule has 5 nitrogen and oxygen atoms in total. The molecule has 1 heterocycles. The molecule has 2 rings (SSSR count). The van der Waals surface area contributed by atoms with Gasteiger partial charge in [-0.2, -0.15) is 0 Å². The minimum atomic E-state index is 0.0500. The summed E-state index contributed by atoms with van der Waals surface area (Å²) in [6, 6.07) is 10.3. The maximum absolute atomic E-state index is 11.9. The zero-order valence-corrected chi connectivity index (χ0v) is 12.6. The van der Waals surface area contributed by atoms with Crippen LogP contribution in [-0.2, 0) is 4.79 Å². The SMILES string of the molecule is CC1CC(N)CCN1CC(=O)NCCOc1ccccc1. The number of carbonyl (C=O) groups is 1. The number of nitrogens with zero attached hydrogens (tertiary/aromatic N) is 1. The van der Waals surface area contributed by atoms with Gasteiger partial charge >= 0.3 is 0 Å². The highest BCUT2D eigenvalue weighted by Gasteiger charge is 2.24. The minimum Gasteiger partial charge on any atom is -0.492 e. The number of rotatable bonds is 6. The largest absolute Gasteiger partial charge is 0.492 e. The summed E-state index contributed by atoms with van der Waals surface area (Å²) in [5.74, 6) is 0.874. The Morgan fingerprint density at radius 1 is 1.43 bits per heavy atom. The average Bonchev–Trinajstić information content (AvgIpc) is 2.48. The summed E-state index contributed by atoms with van der Waals surface area (Å²) >= 11 is 0. The normalized spacial score (nSPS) is 22.8. The molecule has 1 saturated heterocycles. The van der Waals surface area contributed by atoms with Gasteiger partial charge in [-0.1, -0.05) is 18.2 Å². The summed E-state index contributed by atoms with van der Waals surface area (Å²) in [5, 5.41) is 2.90. The van der Waals surface area contributed by atoms with Crippen molar-refractivity contribution in [1.82, 2.24) is 10.2 Å². The maximum Gasteiger partial charge on any atom is 0.234 e. The van der Waals surface area contributed by atoms with Gasteiger partial charge in [-0.15, -0.1) is 0 Å². The van der Waals surface area contributed by atoms with E-state index in [-0.39, 0.29) is 11.9 Å². The number of para-hydroxylation sites is 1. The van der Waals surface area contributed by atoms with Crippen molar-refractivity contribution in [3.05, 3.63) is 30.3 Å². The lowest BCUT2D eigenvalue weighted by Gasteiger charge is -2.35. The lowest BCUT2D eigenvalue weighted by Crippen LogP contribution is -2.49. The standard InChI is InChI=1S/C16H25N3O2/c1-13-11-14(17)7-9-19(13)12-16(20)18-8-10-21-15-5-3-2-4-6-15/h2-6,13-14H,7-12,17H2,1H3,(H,18,20). The van der Waals surface area contributed by atoms with Crippen LogP contribution in [0.15, 0.2) is 30.3 Å². The molecule has 0 saturated carbocycles. The lowest BCUT2D eigenvalue weighted by molar-refractivity contribution is -0.123. The number of ether oxygens (including phenoxy) is 1. The van der Waals surface area contributed by atoms with Crippen LogP contribution in [-0.4, -0.2) is 49.1 Å². The molecular formula is C16H25N3O2. The van der Waals surface area contributed by atoms with E-state index in [0.717, 1.165) is 25.1 Å². The molecule has 0 radical (unpaired) electrons. The quantitative estimate of drug-likeness (QED) is 0.767. The van der Waals surface area contributed by atoms with Gasteiger partial charge < -0.3 is 15.8 Å². The predicted molar refractivity (Wildman–Crippen MR) is 83.2 cm³/mol. The van der Waals surface area contributed by atoms with Crippen LogP contribution >= 0.6 is 0 Å². The van der Waals surface area contributed by atoms with Gasteiger partial charge in [-0.3, -0.25) is 9.69 Å². The van der Waals surface area contributed by atoms with Crippen LogP contribution in [0.5, 0.6) is 5.75 Å². The smallest absolute Gasteiger partial charge is 0.234 e. The van der Waals surface area contributed by atoms with Crippen molar-refractivity contribution in [2.75, 3.05) is 26.2 Å². The van der Waals surface area contributed by atoms with Crippen molar-refractivity contribution >= 4 is 5.91 Å². The van der Waals surface area contributed by atoms with E-state index in [1.807, 2.05) is 30.3 Å². The van der Waals surface area contributed by atoms with Crippen LogP contribution in [0, 0.1) is 0 Å². The molecule has 1 aromatic rings. The van der Waals surface area contributed by atoms with Gasteiger partial charge in [0.1, 0.15) is 12.4 Å². The molecule has 0 spiro atoms. The third kappa shape index (κ3) is 5.36. The highest BCUT2D eigenvalue weighted by Crippen LogP contribution is 2.15. The van der Waals surface area contributed by atoms with Crippen molar-refractivity contribution < 1.29 is 9.53 Å². The first-order valence-corrected chi connectivity index (χ1v) is 7.59. The van der Waals surface area contributed by atoms with E-state index in [1.165, 1.54) is 0 Å². The Balaban J connectivity index is 1.61. The third-order valence-corrected chi connectivity index (χ3v) is 3.84. The first kappa shape index (κ1) is 15.8. The van der Waals surface area contributed by atoms with Crippen LogP contribution in [0.3, 0.4) is 0 Å². The van der Waals surface area contributed by atoms with Crippen molar-refractivity contribution in [3.8, 4) is 5.75 Å². The zero-order chi connectivity index (χ0) is 15.1. The molecule has 0 bridgehead atoms. The number of carbonyl (C=O) groups excluding carboxylic acids is 1. The van der Waals surface area contributed by atoms with Crippen molar-refractivity contribution in [2.45, 2.75) is 31.8 Å². The van der Waals surface area contributed by atoms with E-state index >= 15 is 0 Å². The van der Waals surface area contributed by atoms with Gasteiger partial charge in [0.25, 0.3) is 0 Å². The number of likely N-dealkylation sites (tertiary alicyclic amines) is 1. The number of piperidine rings is 1. The van der Waals surface area contributed by atoms with Gasteiger partial charge in [0.2, 0.25) is 5.91 Å². The van der Waals surface area contributed by atoms with Crippen LogP contribution < -0.4 is 15.8 Å². The lowest BCUT2D eigenvalue weighted by atomic mass is 9.99. The first-order chi connectivity index (χ1) is 10.1. The Kier molecular flexibility index (Phi) is 6.02. The molecule has 1 aromatic carbocycles. The van der Waals surface area contributed by atoms with Crippen molar-refractivity contribution in [1.29, 1.82) is 0 Å². The van der Waals surface area contributed by atoms with E-state index < -0.39 is 0 Å². The number of amides is 1. The average molecular weight is 291 g/mol. The molecule has 116 valence electrons. The Bertz CT molecular complexity index is 438. The fraction of sp³-hybridized carbons (Fsp3) is 0.562. The summed E-state index contributed by atoms with van der Waals surface area (Å²) in [6.07, 6.45) is 1.93. The number of nitrogens with two attached hydrogens (primary N) is 1. The third-order valence-electron chi connectivity index (χ3n) is 3.84. The van der Waals surface area contributed by atoms with Crippen LogP contribution in [0.1, 0.15) is 19.8 Å². The predicted octanol–water partition coefficient (Wildman–Crippen LogP) is 0.993. The van der Waals surface area contributed by atoms with Gasteiger partial charge in [-0.05, 0) is 31.9 Å². The van der Waals surface area contributed by atoms with Gasteiger partial charge in [0.05, 0.1) is 13.1 Å². The van der Waals surface area contributed by atoms with Crippen LogP contribution in [0.2, 0.25) is 0 Å². The monoisotopic (exact) mass is 291 g/mol. The number of hydrogen-bond acceptors (Lipinski definition) is 4. The molecular weight excluding hydrogens is 266 g/mol. The Morgan fingerprint density at radius 2 is 2.19 bits per heavy atom. The van der Waals surface area contributed by atoms with E-state index in [0.29, 0.717) is 25.7 Å². The molecule has 5 heteroatoms. The van der Waals surface area contributed by atoms with Crippen molar-refractivity contribution in [3.63, 3.8) is 0 Å². The molecule has 0 aliphatic carbocycles. The molecule has 2 atom stereocenters. The highest BCUT2D eigenvalue weighted by atomic mass is 16.5. The zero-order valence-electron chi connectivity index (χ0n) is 12.6. The van der Waals surface area contributed by atoms with Crippen LogP contribution in [0.25, 0.3) is 0 Å². The number of hydrogen-bond donors (Lipinski definition) is 2. The van der Waals surface area contributed by atoms with Crippen LogP contribution in [0.4, 0.5) is 0 Å². The Hall–Kier alpha value is -1.59. The molecule has 1 amide bonds. The van der Waals surface area contributed by atoms with Gasteiger partial charge in [0, 0.05) is 18.6 Å². The fourth-order valence-corrected chi connectivity index (χ4v) is 2.61.